The van der Waals surface area contributed by atoms with E-state index in [0.717, 1.165) is 21.7 Å². The molecule has 0 radical (unpaired) electrons. The molecule has 0 fully saturated rings. The average Bonchev–Trinajstić information content (AvgIpc) is 2.92. The van der Waals surface area contributed by atoms with Crippen LogP contribution in [0.25, 0.3) is 0 Å². The van der Waals surface area contributed by atoms with Crippen molar-refractivity contribution in [1.82, 2.24) is 10.2 Å². The summed E-state index contributed by atoms with van der Waals surface area (Å²) < 4.78 is 37.7. The lowest BCUT2D eigenvalue weighted by atomic mass is 10.1. The summed E-state index contributed by atoms with van der Waals surface area (Å²) in [6.07, 6.45) is 1.05. The molecule has 3 aromatic rings. The first-order chi connectivity index (χ1) is 19.3. The van der Waals surface area contributed by atoms with E-state index in [1.54, 1.807) is 62.6 Å². The highest BCUT2D eigenvalue weighted by molar-refractivity contribution is 7.92. The van der Waals surface area contributed by atoms with Crippen molar-refractivity contribution in [2.24, 2.45) is 0 Å². The van der Waals surface area contributed by atoms with Crippen LogP contribution in [0, 0.1) is 0 Å². The maximum atomic E-state index is 13.7. The third-order valence-corrected chi connectivity index (χ3v) is 7.37. The van der Waals surface area contributed by atoms with Crippen LogP contribution in [0.15, 0.2) is 78.9 Å². The predicted octanol–water partition coefficient (Wildman–Crippen LogP) is 4.37. The predicted molar refractivity (Wildman–Crippen MR) is 160 cm³/mol. The second-order valence-corrected chi connectivity index (χ2v) is 12.7. The number of amides is 2. The zero-order valence-electron chi connectivity index (χ0n) is 24.5. The number of rotatable bonds is 12. The smallest absolute Gasteiger partial charge is 0.244 e. The Balaban J connectivity index is 1.83. The summed E-state index contributed by atoms with van der Waals surface area (Å²) in [6.45, 7) is 7.18. The van der Waals surface area contributed by atoms with Gasteiger partial charge in [-0.3, -0.25) is 13.9 Å². The third kappa shape index (κ3) is 9.53. The maximum Gasteiger partial charge on any atom is 0.244 e. The summed E-state index contributed by atoms with van der Waals surface area (Å²) in [5.74, 6) is 0.355. The van der Waals surface area contributed by atoms with E-state index in [4.69, 9.17) is 9.47 Å². The molecule has 0 unspecified atom stereocenters. The Bertz CT molecular complexity index is 1400. The minimum absolute atomic E-state index is 0.103. The van der Waals surface area contributed by atoms with E-state index in [1.807, 2.05) is 51.1 Å². The number of anilines is 1. The summed E-state index contributed by atoms with van der Waals surface area (Å²) in [7, 11) is -2.28. The second kappa shape index (κ2) is 13.5. The van der Waals surface area contributed by atoms with Gasteiger partial charge in [0.15, 0.2) is 0 Å². The molecular weight excluding hydrogens is 542 g/mol. The van der Waals surface area contributed by atoms with Gasteiger partial charge in [-0.05, 0) is 75.2 Å². The summed E-state index contributed by atoms with van der Waals surface area (Å²) in [5, 5.41) is 2.90. The fraction of sp³-hybridized carbons (Fsp3) is 0.355. The first-order valence-corrected chi connectivity index (χ1v) is 15.1. The molecule has 0 aliphatic rings. The van der Waals surface area contributed by atoms with Crippen molar-refractivity contribution >= 4 is 27.5 Å². The van der Waals surface area contributed by atoms with E-state index in [2.05, 4.69) is 5.32 Å². The average molecular weight is 582 g/mol. The molecule has 0 saturated carbocycles. The van der Waals surface area contributed by atoms with Crippen LogP contribution in [0.4, 0.5) is 5.69 Å². The molecule has 0 bridgehead atoms. The lowest BCUT2D eigenvalue weighted by Crippen LogP contribution is -2.54. The standard InChI is InChI=1S/C31H39N3O6S/c1-23(30(36)32-31(2,3)4)33(20-24-12-16-27(39-5)17-13-24)29(35)21-34(41(6,37)38)26-14-18-28(19-15-26)40-22-25-10-8-7-9-11-25/h7-19,23H,20-22H2,1-6H3,(H,32,36)/t23-/m1/s1. The van der Waals surface area contributed by atoms with Crippen LogP contribution in [-0.4, -0.2) is 56.6 Å². The fourth-order valence-corrected chi connectivity index (χ4v) is 4.90. The van der Waals surface area contributed by atoms with Gasteiger partial charge in [0.2, 0.25) is 21.8 Å². The second-order valence-electron chi connectivity index (χ2n) is 10.8. The van der Waals surface area contributed by atoms with Gasteiger partial charge in [0.25, 0.3) is 0 Å². The Hall–Kier alpha value is -4.05. The largest absolute Gasteiger partial charge is 0.497 e. The van der Waals surface area contributed by atoms with E-state index < -0.39 is 34.1 Å². The van der Waals surface area contributed by atoms with E-state index in [-0.39, 0.29) is 12.5 Å². The maximum absolute atomic E-state index is 13.7. The Labute approximate surface area is 243 Å². The monoisotopic (exact) mass is 581 g/mol. The molecule has 0 aliphatic heterocycles. The molecule has 0 aliphatic carbocycles. The highest BCUT2D eigenvalue weighted by atomic mass is 32.2. The summed E-state index contributed by atoms with van der Waals surface area (Å²) in [4.78, 5) is 28.2. The lowest BCUT2D eigenvalue weighted by molar-refractivity contribution is -0.140. The van der Waals surface area contributed by atoms with Crippen LogP contribution in [0.5, 0.6) is 11.5 Å². The van der Waals surface area contributed by atoms with Gasteiger partial charge in [0.1, 0.15) is 30.7 Å². The lowest BCUT2D eigenvalue weighted by Gasteiger charge is -2.33. The Morgan fingerprint density at radius 2 is 1.46 bits per heavy atom. The molecule has 0 aromatic heterocycles. The Morgan fingerprint density at radius 1 is 0.878 bits per heavy atom. The van der Waals surface area contributed by atoms with Crippen molar-refractivity contribution in [3.8, 4) is 11.5 Å². The minimum atomic E-state index is -3.84. The topological polar surface area (TPSA) is 105 Å². The molecule has 1 N–H and O–H groups in total. The van der Waals surface area contributed by atoms with Gasteiger partial charge in [0.05, 0.1) is 19.1 Å². The van der Waals surface area contributed by atoms with Crippen molar-refractivity contribution in [2.45, 2.75) is 52.4 Å². The van der Waals surface area contributed by atoms with E-state index in [0.29, 0.717) is 23.8 Å². The van der Waals surface area contributed by atoms with Crippen LogP contribution in [0.1, 0.15) is 38.8 Å². The van der Waals surface area contributed by atoms with Gasteiger partial charge in [-0.25, -0.2) is 8.42 Å². The summed E-state index contributed by atoms with van der Waals surface area (Å²) >= 11 is 0. The van der Waals surface area contributed by atoms with E-state index >= 15 is 0 Å². The zero-order valence-corrected chi connectivity index (χ0v) is 25.3. The van der Waals surface area contributed by atoms with Crippen molar-refractivity contribution < 1.29 is 27.5 Å². The van der Waals surface area contributed by atoms with Gasteiger partial charge in [0, 0.05) is 12.1 Å². The van der Waals surface area contributed by atoms with Gasteiger partial charge >= 0.3 is 0 Å². The molecule has 220 valence electrons. The number of carbonyl (C=O) groups is 2. The van der Waals surface area contributed by atoms with Crippen molar-refractivity contribution in [1.29, 1.82) is 0 Å². The van der Waals surface area contributed by atoms with Crippen LogP contribution < -0.4 is 19.1 Å². The molecule has 2 amide bonds. The molecule has 3 aromatic carbocycles. The number of nitrogens with one attached hydrogen (secondary N) is 1. The highest BCUT2D eigenvalue weighted by Gasteiger charge is 2.31. The van der Waals surface area contributed by atoms with Gasteiger partial charge < -0.3 is 19.7 Å². The summed E-state index contributed by atoms with van der Waals surface area (Å²) in [5.41, 5.74) is 1.56. The highest BCUT2D eigenvalue weighted by Crippen LogP contribution is 2.23. The molecule has 0 heterocycles. The molecule has 1 atom stereocenters. The number of hydrogen-bond donors (Lipinski definition) is 1. The molecular formula is C31H39N3O6S. The summed E-state index contributed by atoms with van der Waals surface area (Å²) in [6, 6.07) is 22.5. The van der Waals surface area contributed by atoms with Crippen molar-refractivity contribution in [3.05, 3.63) is 90.0 Å². The van der Waals surface area contributed by atoms with Gasteiger partial charge in [-0.2, -0.15) is 0 Å². The minimum Gasteiger partial charge on any atom is -0.497 e. The number of ether oxygens (including phenoxy) is 2. The number of nitrogens with zero attached hydrogens (tertiary/aromatic N) is 2. The first-order valence-electron chi connectivity index (χ1n) is 13.3. The van der Waals surface area contributed by atoms with Crippen molar-refractivity contribution in [2.75, 3.05) is 24.2 Å². The van der Waals surface area contributed by atoms with E-state index in [9.17, 15) is 18.0 Å². The van der Waals surface area contributed by atoms with Gasteiger partial charge in [-0.1, -0.05) is 42.5 Å². The van der Waals surface area contributed by atoms with Crippen LogP contribution in [-0.2, 0) is 32.8 Å². The SMILES string of the molecule is COc1ccc(CN(C(=O)CN(c2ccc(OCc3ccccc3)cc2)S(C)(=O)=O)[C@H](C)C(=O)NC(C)(C)C)cc1. The van der Waals surface area contributed by atoms with Crippen LogP contribution >= 0.6 is 0 Å². The zero-order chi connectivity index (χ0) is 30.2. The number of carbonyl (C=O) groups excluding carboxylic acids is 2. The van der Waals surface area contributed by atoms with Crippen molar-refractivity contribution in [3.63, 3.8) is 0 Å². The molecule has 0 saturated heterocycles. The molecule has 9 nitrogen and oxygen atoms in total. The fourth-order valence-electron chi connectivity index (χ4n) is 4.05. The third-order valence-electron chi connectivity index (χ3n) is 6.23. The van der Waals surface area contributed by atoms with Gasteiger partial charge in [-0.15, -0.1) is 0 Å². The number of methoxy groups -OCH3 is 1. The quantitative estimate of drug-likeness (QED) is 0.341. The number of hydrogen-bond acceptors (Lipinski definition) is 6. The molecule has 3 rings (SSSR count). The van der Waals surface area contributed by atoms with Crippen LogP contribution in [0.3, 0.4) is 0 Å². The molecule has 10 heteroatoms. The molecule has 41 heavy (non-hydrogen) atoms. The number of benzene rings is 3. The first kappa shape index (κ1) is 31.5. The van der Waals surface area contributed by atoms with Crippen LogP contribution in [0.2, 0.25) is 0 Å². The number of sulfonamides is 1. The molecule has 0 spiro atoms. The van der Waals surface area contributed by atoms with E-state index in [1.165, 1.54) is 4.90 Å². The Kier molecular flexibility index (Phi) is 10.4. The normalized spacial score (nSPS) is 12.2. The Morgan fingerprint density at radius 3 is 2.00 bits per heavy atom.